The molecule has 1 aliphatic rings. The molecule has 0 saturated heterocycles. The highest BCUT2D eigenvalue weighted by Gasteiger charge is 2.33. The molecule has 0 aliphatic carbocycles. The molecule has 0 bridgehead atoms. The highest BCUT2D eigenvalue weighted by atomic mass is 32.2. The van der Waals surface area contributed by atoms with E-state index in [0.29, 0.717) is 6.61 Å². The normalized spacial score (nSPS) is 18.8. The molecule has 1 atom stereocenters. The van der Waals surface area contributed by atoms with Gasteiger partial charge in [-0.2, -0.15) is 0 Å². The predicted octanol–water partition coefficient (Wildman–Crippen LogP) is 5.67. The standard InChI is InChI=1S/C23H26N2O2S2/c1-6-23(5)11-16-18(12-27-23)29-20-19(16)21(26)25(17-10-8-7-9-15(17)4)22(24-20)28-13-14(2)3/h7-10H,2,6,11-13H2,1,3-5H3/t23-/m0/s1. The van der Waals surface area contributed by atoms with Crippen molar-refractivity contribution >= 4 is 33.3 Å². The van der Waals surface area contributed by atoms with Gasteiger partial charge in [0.2, 0.25) is 0 Å². The monoisotopic (exact) mass is 426 g/mol. The first kappa shape index (κ1) is 20.4. The zero-order valence-corrected chi connectivity index (χ0v) is 19.0. The predicted molar refractivity (Wildman–Crippen MR) is 123 cm³/mol. The number of ether oxygens (including phenoxy) is 1. The molecule has 152 valence electrons. The van der Waals surface area contributed by atoms with E-state index in [-0.39, 0.29) is 11.2 Å². The van der Waals surface area contributed by atoms with Crippen molar-refractivity contribution in [2.75, 3.05) is 5.75 Å². The van der Waals surface area contributed by atoms with E-state index >= 15 is 0 Å². The summed E-state index contributed by atoms with van der Waals surface area (Å²) in [5.74, 6) is 0.728. The van der Waals surface area contributed by atoms with Gasteiger partial charge in [-0.25, -0.2) is 4.98 Å². The number of hydrogen-bond acceptors (Lipinski definition) is 5. The molecule has 3 aromatic rings. The van der Waals surface area contributed by atoms with Crippen LogP contribution < -0.4 is 5.56 Å². The summed E-state index contributed by atoms with van der Waals surface area (Å²) in [7, 11) is 0. The van der Waals surface area contributed by atoms with Gasteiger partial charge in [0.1, 0.15) is 4.83 Å². The summed E-state index contributed by atoms with van der Waals surface area (Å²) in [4.78, 5) is 20.7. The minimum atomic E-state index is -0.228. The Balaban J connectivity index is 1.99. The Hall–Kier alpha value is -1.89. The van der Waals surface area contributed by atoms with Gasteiger partial charge in [0.15, 0.2) is 5.16 Å². The first-order valence-corrected chi connectivity index (χ1v) is 11.7. The molecule has 4 nitrogen and oxygen atoms in total. The summed E-state index contributed by atoms with van der Waals surface area (Å²) >= 11 is 3.16. The van der Waals surface area contributed by atoms with Crippen molar-refractivity contribution in [1.29, 1.82) is 0 Å². The van der Waals surface area contributed by atoms with Crippen molar-refractivity contribution in [3.8, 4) is 5.69 Å². The van der Waals surface area contributed by atoms with Crippen LogP contribution in [-0.4, -0.2) is 20.9 Å². The molecular formula is C23H26N2O2S2. The molecule has 0 radical (unpaired) electrons. The molecule has 1 aromatic carbocycles. The van der Waals surface area contributed by atoms with Crippen molar-refractivity contribution in [2.24, 2.45) is 0 Å². The molecule has 0 spiro atoms. The summed E-state index contributed by atoms with van der Waals surface area (Å²) in [6, 6.07) is 7.99. The lowest BCUT2D eigenvalue weighted by Crippen LogP contribution is -2.34. The SMILES string of the molecule is C=C(C)CSc1nc2sc3c(c2c(=O)n1-c1ccccc1C)C[C@](C)(CC)OC3. The maximum Gasteiger partial charge on any atom is 0.267 e. The van der Waals surface area contributed by atoms with Crippen LogP contribution in [0.4, 0.5) is 0 Å². The van der Waals surface area contributed by atoms with Crippen LogP contribution in [0.25, 0.3) is 15.9 Å². The van der Waals surface area contributed by atoms with Crippen molar-refractivity contribution in [3.63, 3.8) is 0 Å². The van der Waals surface area contributed by atoms with Crippen LogP contribution in [0, 0.1) is 6.92 Å². The van der Waals surface area contributed by atoms with E-state index in [0.717, 1.165) is 61.2 Å². The molecule has 0 saturated carbocycles. The van der Waals surface area contributed by atoms with Crippen LogP contribution in [0.5, 0.6) is 0 Å². The van der Waals surface area contributed by atoms with E-state index in [1.807, 2.05) is 38.1 Å². The number of nitrogens with zero attached hydrogens (tertiary/aromatic N) is 2. The third kappa shape index (κ3) is 3.69. The number of thioether (sulfide) groups is 1. The lowest BCUT2D eigenvalue weighted by molar-refractivity contribution is -0.0543. The van der Waals surface area contributed by atoms with Crippen molar-refractivity contribution in [1.82, 2.24) is 9.55 Å². The van der Waals surface area contributed by atoms with Crippen molar-refractivity contribution < 1.29 is 4.74 Å². The van der Waals surface area contributed by atoms with Gasteiger partial charge in [-0.3, -0.25) is 9.36 Å². The summed E-state index contributed by atoms with van der Waals surface area (Å²) in [5.41, 5.74) is 3.91. The van der Waals surface area contributed by atoms with Crippen LogP contribution in [0.2, 0.25) is 0 Å². The van der Waals surface area contributed by atoms with Gasteiger partial charge in [0, 0.05) is 17.1 Å². The number of fused-ring (bicyclic) bond motifs is 3. The maximum atomic E-state index is 13.8. The molecule has 0 amide bonds. The molecule has 3 heterocycles. The Labute approximate surface area is 179 Å². The highest BCUT2D eigenvalue weighted by molar-refractivity contribution is 7.99. The molecule has 2 aromatic heterocycles. The smallest absolute Gasteiger partial charge is 0.267 e. The molecule has 0 fully saturated rings. The van der Waals surface area contributed by atoms with Gasteiger partial charge in [0.25, 0.3) is 5.56 Å². The summed E-state index contributed by atoms with van der Waals surface area (Å²) in [6.07, 6.45) is 1.66. The van der Waals surface area contributed by atoms with Crippen LogP contribution in [0.1, 0.15) is 43.2 Å². The highest BCUT2D eigenvalue weighted by Crippen LogP contribution is 2.39. The minimum Gasteiger partial charge on any atom is -0.369 e. The van der Waals surface area contributed by atoms with E-state index in [1.165, 1.54) is 0 Å². The molecule has 1 aliphatic heterocycles. The number of thiophene rings is 1. The van der Waals surface area contributed by atoms with E-state index in [2.05, 4.69) is 20.4 Å². The Morgan fingerprint density at radius 1 is 1.41 bits per heavy atom. The van der Waals surface area contributed by atoms with Crippen molar-refractivity contribution in [3.05, 3.63) is 62.8 Å². The maximum absolute atomic E-state index is 13.8. The average Bonchev–Trinajstić information content (AvgIpc) is 3.05. The zero-order valence-electron chi connectivity index (χ0n) is 17.4. The van der Waals surface area contributed by atoms with Crippen LogP contribution >= 0.6 is 23.1 Å². The van der Waals surface area contributed by atoms with Gasteiger partial charge in [-0.15, -0.1) is 11.3 Å². The van der Waals surface area contributed by atoms with Crippen LogP contribution in [-0.2, 0) is 17.8 Å². The average molecular weight is 427 g/mol. The van der Waals surface area contributed by atoms with Gasteiger partial charge in [0.05, 0.1) is 23.3 Å². The summed E-state index contributed by atoms with van der Waals surface area (Å²) < 4.78 is 7.90. The molecular weight excluding hydrogens is 400 g/mol. The minimum absolute atomic E-state index is 0.0198. The second-order valence-electron chi connectivity index (χ2n) is 8.02. The fourth-order valence-corrected chi connectivity index (χ4v) is 5.63. The number of para-hydroxylation sites is 1. The van der Waals surface area contributed by atoms with Crippen LogP contribution in [0.3, 0.4) is 0 Å². The third-order valence-electron chi connectivity index (χ3n) is 5.53. The topological polar surface area (TPSA) is 44.1 Å². The summed E-state index contributed by atoms with van der Waals surface area (Å²) in [6.45, 7) is 12.8. The fourth-order valence-electron chi connectivity index (χ4n) is 3.64. The van der Waals surface area contributed by atoms with Gasteiger partial charge in [-0.1, -0.05) is 49.0 Å². The van der Waals surface area contributed by atoms with Crippen molar-refractivity contribution in [2.45, 2.75) is 57.9 Å². The number of aryl methyl sites for hydroxylation is 1. The largest absolute Gasteiger partial charge is 0.369 e. The fraction of sp³-hybridized carbons (Fsp3) is 0.391. The van der Waals surface area contributed by atoms with Crippen LogP contribution in [0.15, 0.2) is 46.4 Å². The van der Waals surface area contributed by atoms with Gasteiger partial charge >= 0.3 is 0 Å². The second kappa shape index (κ2) is 7.74. The van der Waals surface area contributed by atoms with E-state index in [9.17, 15) is 4.79 Å². The Bertz CT molecular complexity index is 1160. The quantitative estimate of drug-likeness (QED) is 0.300. The first-order valence-electron chi connectivity index (χ1n) is 9.87. The number of rotatable bonds is 5. The Kier molecular flexibility index (Phi) is 5.44. The third-order valence-corrected chi connectivity index (χ3v) is 7.80. The van der Waals surface area contributed by atoms with Gasteiger partial charge in [-0.05, 0) is 44.4 Å². The molecule has 29 heavy (non-hydrogen) atoms. The zero-order chi connectivity index (χ0) is 20.8. The second-order valence-corrected chi connectivity index (χ2v) is 10.0. The summed E-state index contributed by atoms with van der Waals surface area (Å²) in [5, 5.41) is 1.48. The molecule has 6 heteroatoms. The lowest BCUT2D eigenvalue weighted by Gasteiger charge is -2.32. The lowest BCUT2D eigenvalue weighted by atomic mass is 9.90. The van der Waals surface area contributed by atoms with E-state index in [1.54, 1.807) is 27.7 Å². The van der Waals surface area contributed by atoms with E-state index < -0.39 is 0 Å². The number of hydrogen-bond donors (Lipinski definition) is 0. The first-order chi connectivity index (χ1) is 13.8. The van der Waals surface area contributed by atoms with E-state index in [4.69, 9.17) is 9.72 Å². The van der Waals surface area contributed by atoms with Gasteiger partial charge < -0.3 is 4.74 Å². The number of benzene rings is 1. The Morgan fingerprint density at radius 2 is 2.17 bits per heavy atom. The Morgan fingerprint density at radius 3 is 2.86 bits per heavy atom. The molecule has 0 N–H and O–H groups in total. The molecule has 4 rings (SSSR count). The number of aromatic nitrogens is 2. The molecule has 0 unspecified atom stereocenters.